The van der Waals surface area contributed by atoms with Gasteiger partial charge in [-0.2, -0.15) is 0 Å². The minimum absolute atomic E-state index is 0.155. The van der Waals surface area contributed by atoms with Crippen LogP contribution in [0.15, 0.2) is 30.9 Å². The molecule has 140 valence electrons. The highest BCUT2D eigenvalue weighted by Gasteiger charge is 2.32. The van der Waals surface area contributed by atoms with Gasteiger partial charge in [-0.25, -0.2) is 13.6 Å². The summed E-state index contributed by atoms with van der Waals surface area (Å²) < 4.78 is 22.8. The van der Waals surface area contributed by atoms with Crippen molar-refractivity contribution in [3.05, 3.63) is 42.0 Å². The average Bonchev–Trinajstić information content (AvgIpc) is 3.05. The number of sulfonamides is 1. The summed E-state index contributed by atoms with van der Waals surface area (Å²) in [6.45, 7) is 4.69. The Labute approximate surface area is 153 Å². The predicted molar refractivity (Wildman–Crippen MR) is 99.3 cm³/mol. The van der Waals surface area contributed by atoms with Crippen molar-refractivity contribution in [2.45, 2.75) is 31.7 Å². The maximum Gasteiger partial charge on any atom is 0.254 e. The molecule has 0 unspecified atom stereocenters. The Balaban J connectivity index is 1.85. The van der Waals surface area contributed by atoms with Crippen molar-refractivity contribution in [3.8, 4) is 0 Å². The van der Waals surface area contributed by atoms with Crippen molar-refractivity contribution < 1.29 is 18.0 Å². The van der Waals surface area contributed by atoms with Crippen molar-refractivity contribution in [2.24, 2.45) is 5.14 Å². The van der Waals surface area contributed by atoms with Gasteiger partial charge in [-0.1, -0.05) is 6.58 Å². The van der Waals surface area contributed by atoms with Gasteiger partial charge in [0.05, 0.1) is 5.75 Å². The number of carbonyl (C=O) groups is 2. The fourth-order valence-corrected chi connectivity index (χ4v) is 4.66. The van der Waals surface area contributed by atoms with Gasteiger partial charge in [-0.15, -0.1) is 0 Å². The molecule has 2 heterocycles. The first-order valence-corrected chi connectivity index (χ1v) is 10.4. The fraction of sp³-hybridized carbons (Fsp3) is 0.444. The van der Waals surface area contributed by atoms with Crippen molar-refractivity contribution in [1.82, 2.24) is 4.90 Å². The molecule has 1 atom stereocenters. The van der Waals surface area contributed by atoms with E-state index in [2.05, 4.69) is 6.58 Å². The number of amides is 2. The SMILES string of the molecule is C=CC(=O)N1CCCc2cc(C(=O)N3CCC[C@@H]3CS(N)(=O)=O)ccc21. The molecular formula is C18H23N3O4S. The second kappa shape index (κ2) is 7.20. The first-order valence-electron chi connectivity index (χ1n) is 8.68. The molecule has 0 spiro atoms. The smallest absolute Gasteiger partial charge is 0.254 e. The van der Waals surface area contributed by atoms with Crippen LogP contribution in [0.3, 0.4) is 0 Å². The molecule has 1 fully saturated rings. The lowest BCUT2D eigenvalue weighted by Crippen LogP contribution is -2.41. The largest absolute Gasteiger partial charge is 0.335 e. The molecule has 0 aromatic heterocycles. The highest BCUT2D eigenvalue weighted by atomic mass is 32.2. The lowest BCUT2D eigenvalue weighted by Gasteiger charge is -2.30. The van der Waals surface area contributed by atoms with E-state index in [4.69, 9.17) is 5.14 Å². The van der Waals surface area contributed by atoms with Gasteiger partial charge < -0.3 is 9.80 Å². The predicted octanol–water partition coefficient (Wildman–Crippen LogP) is 1.04. The van der Waals surface area contributed by atoms with E-state index < -0.39 is 10.0 Å². The van der Waals surface area contributed by atoms with E-state index in [1.54, 1.807) is 21.9 Å². The molecule has 3 rings (SSSR count). The molecule has 2 aliphatic rings. The average molecular weight is 377 g/mol. The van der Waals surface area contributed by atoms with Crippen LogP contribution in [0, 0.1) is 0 Å². The molecule has 7 nitrogen and oxygen atoms in total. The standard InChI is InChI=1S/C18H23N3O4S/c1-2-17(22)21-10-3-5-13-11-14(7-8-16(13)21)18(23)20-9-4-6-15(20)12-26(19,24)25/h2,7-8,11,15H,1,3-6,9-10,12H2,(H2,19,24,25)/t15-/m1/s1. The number of primary sulfonamides is 1. The van der Waals surface area contributed by atoms with Crippen LogP contribution in [0.5, 0.6) is 0 Å². The summed E-state index contributed by atoms with van der Waals surface area (Å²) in [6, 6.07) is 4.91. The minimum atomic E-state index is -3.64. The number of likely N-dealkylation sites (tertiary alicyclic amines) is 1. The number of hydrogen-bond acceptors (Lipinski definition) is 4. The number of nitrogens with zero attached hydrogens (tertiary/aromatic N) is 2. The van der Waals surface area contributed by atoms with Gasteiger partial charge >= 0.3 is 0 Å². The van der Waals surface area contributed by atoms with E-state index in [1.165, 1.54) is 6.08 Å². The van der Waals surface area contributed by atoms with Crippen molar-refractivity contribution in [2.75, 3.05) is 23.7 Å². The van der Waals surface area contributed by atoms with E-state index in [9.17, 15) is 18.0 Å². The van der Waals surface area contributed by atoms with E-state index in [1.807, 2.05) is 6.07 Å². The molecule has 0 bridgehead atoms. The molecule has 2 amide bonds. The minimum Gasteiger partial charge on any atom is -0.335 e. The molecule has 1 aromatic rings. The molecule has 0 saturated carbocycles. The highest BCUT2D eigenvalue weighted by Crippen LogP contribution is 2.30. The Morgan fingerprint density at radius 3 is 2.73 bits per heavy atom. The number of rotatable bonds is 4. The van der Waals surface area contributed by atoms with Crippen LogP contribution in [0.4, 0.5) is 5.69 Å². The van der Waals surface area contributed by atoms with E-state index in [0.29, 0.717) is 25.1 Å². The van der Waals surface area contributed by atoms with Crippen molar-refractivity contribution in [1.29, 1.82) is 0 Å². The molecule has 2 aliphatic heterocycles. The van der Waals surface area contributed by atoms with Crippen LogP contribution in [0.25, 0.3) is 0 Å². The Hall–Kier alpha value is -2.19. The van der Waals surface area contributed by atoms with Crippen LogP contribution in [0.2, 0.25) is 0 Å². The number of fused-ring (bicyclic) bond motifs is 1. The first-order chi connectivity index (χ1) is 12.3. The topological polar surface area (TPSA) is 101 Å². The summed E-state index contributed by atoms with van der Waals surface area (Å²) in [6.07, 6.45) is 4.30. The molecule has 1 aromatic carbocycles. The van der Waals surface area contributed by atoms with E-state index in [0.717, 1.165) is 30.5 Å². The van der Waals surface area contributed by atoms with E-state index >= 15 is 0 Å². The van der Waals surface area contributed by atoms with Gasteiger partial charge in [-0.3, -0.25) is 9.59 Å². The number of anilines is 1. The van der Waals surface area contributed by atoms with Crippen molar-refractivity contribution >= 4 is 27.5 Å². The molecule has 0 aliphatic carbocycles. The van der Waals surface area contributed by atoms with Crippen LogP contribution in [-0.4, -0.2) is 50.0 Å². The summed E-state index contributed by atoms with van der Waals surface area (Å²) in [5.41, 5.74) is 2.26. The quantitative estimate of drug-likeness (QED) is 0.792. The molecule has 8 heteroatoms. The van der Waals surface area contributed by atoms with Gasteiger partial charge in [-0.05, 0) is 55.5 Å². The summed E-state index contributed by atoms with van der Waals surface area (Å²) in [5, 5.41) is 5.15. The lowest BCUT2D eigenvalue weighted by atomic mass is 9.98. The molecular weight excluding hydrogens is 354 g/mol. The first kappa shape index (κ1) is 18.6. The normalized spacial score (nSPS) is 20.0. The second-order valence-corrected chi connectivity index (χ2v) is 8.42. The summed E-state index contributed by atoms with van der Waals surface area (Å²) in [4.78, 5) is 28.2. The highest BCUT2D eigenvalue weighted by molar-refractivity contribution is 7.89. The summed E-state index contributed by atoms with van der Waals surface area (Å²) in [7, 11) is -3.64. The monoisotopic (exact) mass is 377 g/mol. The number of aryl methyl sites for hydroxylation is 1. The maximum absolute atomic E-state index is 12.9. The van der Waals surface area contributed by atoms with Gasteiger partial charge in [0.15, 0.2) is 0 Å². The number of benzene rings is 1. The lowest BCUT2D eigenvalue weighted by molar-refractivity contribution is -0.114. The van der Waals surface area contributed by atoms with Crippen LogP contribution in [0.1, 0.15) is 35.2 Å². The van der Waals surface area contributed by atoms with Crippen molar-refractivity contribution in [3.63, 3.8) is 0 Å². The van der Waals surface area contributed by atoms with Crippen LogP contribution < -0.4 is 10.0 Å². The third kappa shape index (κ3) is 3.81. The zero-order valence-electron chi connectivity index (χ0n) is 14.6. The van der Waals surface area contributed by atoms with Gasteiger partial charge in [0.2, 0.25) is 15.9 Å². The zero-order valence-corrected chi connectivity index (χ0v) is 15.4. The molecule has 2 N–H and O–H groups in total. The third-order valence-electron chi connectivity index (χ3n) is 4.95. The van der Waals surface area contributed by atoms with Crippen LogP contribution in [-0.2, 0) is 21.2 Å². The molecule has 26 heavy (non-hydrogen) atoms. The summed E-state index contributed by atoms with van der Waals surface area (Å²) >= 11 is 0. The van der Waals surface area contributed by atoms with E-state index in [-0.39, 0.29) is 23.6 Å². The molecule has 0 radical (unpaired) electrons. The second-order valence-electron chi connectivity index (χ2n) is 6.77. The Morgan fingerprint density at radius 2 is 2.04 bits per heavy atom. The van der Waals surface area contributed by atoms with Gasteiger partial charge in [0.1, 0.15) is 0 Å². The number of carbonyl (C=O) groups excluding carboxylic acids is 2. The Morgan fingerprint density at radius 1 is 1.27 bits per heavy atom. The number of nitrogens with two attached hydrogens (primary N) is 1. The van der Waals surface area contributed by atoms with Crippen LogP contribution >= 0.6 is 0 Å². The van der Waals surface area contributed by atoms with Gasteiger partial charge in [0, 0.05) is 30.4 Å². The Kier molecular flexibility index (Phi) is 5.15. The van der Waals surface area contributed by atoms with Gasteiger partial charge in [0.25, 0.3) is 5.91 Å². The zero-order chi connectivity index (χ0) is 18.9. The summed E-state index contributed by atoms with van der Waals surface area (Å²) in [5.74, 6) is -0.561. The maximum atomic E-state index is 12.9. The number of hydrogen-bond donors (Lipinski definition) is 1. The Bertz CT molecular complexity index is 850. The third-order valence-corrected chi connectivity index (χ3v) is 5.80. The molecule has 1 saturated heterocycles. The fourth-order valence-electron chi connectivity index (χ4n) is 3.78.